The van der Waals surface area contributed by atoms with E-state index >= 15 is 0 Å². The molecule has 1 aliphatic carbocycles. The van der Waals surface area contributed by atoms with Crippen LogP contribution in [0.15, 0.2) is 76.6 Å². The Morgan fingerprint density at radius 1 is 1.26 bits per heavy atom. The molecular weight excluding hydrogens is 496 g/mol. The first-order valence-electron chi connectivity index (χ1n) is 10.4. The largest absolute Gasteiger partial charge is 0.363 e. The molecule has 7 heteroatoms. The van der Waals surface area contributed by atoms with Gasteiger partial charge in [0.05, 0.1) is 4.90 Å². The number of hydrogen-bond donors (Lipinski definition) is 1. The third kappa shape index (κ3) is 3.99. The third-order valence-corrected chi connectivity index (χ3v) is 8.76. The molecule has 2 aliphatic rings. The van der Waals surface area contributed by atoms with E-state index in [9.17, 15) is 8.42 Å². The molecule has 0 amide bonds. The van der Waals surface area contributed by atoms with Gasteiger partial charge < -0.3 is 4.90 Å². The minimum absolute atomic E-state index is 0.219. The van der Waals surface area contributed by atoms with Crippen molar-refractivity contribution in [3.8, 4) is 0 Å². The molecule has 1 saturated carbocycles. The van der Waals surface area contributed by atoms with Crippen molar-refractivity contribution in [3.05, 3.63) is 82.3 Å². The van der Waals surface area contributed by atoms with Crippen molar-refractivity contribution in [2.24, 2.45) is 0 Å². The van der Waals surface area contributed by atoms with Crippen LogP contribution in [-0.4, -0.2) is 27.5 Å². The van der Waals surface area contributed by atoms with Gasteiger partial charge in [-0.2, -0.15) is 0 Å². The monoisotopic (exact) mass is 520 g/mol. The van der Waals surface area contributed by atoms with Crippen molar-refractivity contribution in [2.45, 2.75) is 42.0 Å². The van der Waals surface area contributed by atoms with Crippen LogP contribution in [0.4, 0.5) is 5.69 Å². The smallest absolute Gasteiger partial charge is 0.240 e. The van der Waals surface area contributed by atoms with Crippen LogP contribution in [0, 0.1) is 0 Å². The van der Waals surface area contributed by atoms with Gasteiger partial charge in [-0.15, -0.1) is 6.58 Å². The first-order chi connectivity index (χ1) is 14.8. The average Bonchev–Trinajstić information content (AvgIpc) is 2.99. The van der Waals surface area contributed by atoms with Crippen LogP contribution >= 0.6 is 27.5 Å². The number of nitrogens with zero attached hydrogens (tertiary/aromatic N) is 1. The van der Waals surface area contributed by atoms with E-state index < -0.39 is 10.0 Å². The summed E-state index contributed by atoms with van der Waals surface area (Å²) in [6.45, 7) is 9.51. The molecule has 31 heavy (non-hydrogen) atoms. The van der Waals surface area contributed by atoms with Crippen molar-refractivity contribution < 1.29 is 8.42 Å². The summed E-state index contributed by atoms with van der Waals surface area (Å²) in [5.41, 5.74) is 3.31. The lowest BCUT2D eigenvalue weighted by Gasteiger charge is -2.44. The van der Waals surface area contributed by atoms with Gasteiger partial charge in [-0.1, -0.05) is 45.8 Å². The second kappa shape index (κ2) is 8.74. The topological polar surface area (TPSA) is 49.4 Å². The Kier molecular flexibility index (Phi) is 6.37. The Balaban J connectivity index is 1.66. The Labute approximate surface area is 198 Å². The number of rotatable bonds is 7. The van der Waals surface area contributed by atoms with Gasteiger partial charge in [0, 0.05) is 39.7 Å². The SMILES string of the molecule is C=CCN1c2ccc(Br)cc2C2(CCNS(=O)(=O)c3ccc(Cl)cc3)C(=C)CCCC12. The first-order valence-corrected chi connectivity index (χ1v) is 13.1. The van der Waals surface area contributed by atoms with Crippen LogP contribution in [0.5, 0.6) is 0 Å². The predicted octanol–water partition coefficient (Wildman–Crippen LogP) is 5.82. The van der Waals surface area contributed by atoms with E-state index in [0.717, 1.165) is 30.3 Å². The molecule has 0 radical (unpaired) electrons. The van der Waals surface area contributed by atoms with E-state index in [-0.39, 0.29) is 16.4 Å². The maximum atomic E-state index is 12.8. The molecule has 164 valence electrons. The van der Waals surface area contributed by atoms with E-state index in [1.54, 1.807) is 12.1 Å². The van der Waals surface area contributed by atoms with Crippen molar-refractivity contribution in [1.29, 1.82) is 0 Å². The molecule has 1 aliphatic heterocycles. The summed E-state index contributed by atoms with van der Waals surface area (Å²) in [7, 11) is -3.61. The van der Waals surface area contributed by atoms with Crippen LogP contribution in [-0.2, 0) is 15.4 Å². The summed E-state index contributed by atoms with van der Waals surface area (Å²) in [6.07, 6.45) is 5.67. The van der Waals surface area contributed by atoms with Crippen LogP contribution in [0.3, 0.4) is 0 Å². The van der Waals surface area contributed by atoms with Crippen molar-refractivity contribution in [2.75, 3.05) is 18.0 Å². The van der Waals surface area contributed by atoms with Gasteiger partial charge in [0.25, 0.3) is 0 Å². The zero-order valence-electron chi connectivity index (χ0n) is 17.3. The lowest BCUT2D eigenvalue weighted by molar-refractivity contribution is 0.319. The number of nitrogens with one attached hydrogen (secondary N) is 1. The average molecular weight is 522 g/mol. The van der Waals surface area contributed by atoms with Gasteiger partial charge in [0.2, 0.25) is 10.0 Å². The molecule has 1 fully saturated rings. The molecule has 2 aromatic carbocycles. The van der Waals surface area contributed by atoms with Crippen LogP contribution in [0.2, 0.25) is 5.02 Å². The molecule has 4 nitrogen and oxygen atoms in total. The second-order valence-corrected chi connectivity index (χ2v) is 11.3. The fourth-order valence-corrected chi connectivity index (χ4v) is 6.73. The molecular formula is C24H26BrClN2O2S. The Morgan fingerprint density at radius 2 is 2.00 bits per heavy atom. The van der Waals surface area contributed by atoms with Crippen LogP contribution in [0.1, 0.15) is 31.2 Å². The van der Waals surface area contributed by atoms with Crippen LogP contribution in [0.25, 0.3) is 0 Å². The summed E-state index contributed by atoms with van der Waals surface area (Å²) >= 11 is 9.53. The van der Waals surface area contributed by atoms with E-state index in [0.29, 0.717) is 18.0 Å². The molecule has 0 aromatic heterocycles. The molecule has 1 N–H and O–H groups in total. The summed E-state index contributed by atoms with van der Waals surface area (Å²) in [4.78, 5) is 2.63. The first kappa shape index (κ1) is 22.6. The highest BCUT2D eigenvalue weighted by Gasteiger charge is 2.53. The Bertz CT molecular complexity index is 1120. The van der Waals surface area contributed by atoms with Gasteiger partial charge in [0.1, 0.15) is 0 Å². The lowest BCUT2D eigenvalue weighted by atomic mass is 9.63. The van der Waals surface area contributed by atoms with E-state index in [4.69, 9.17) is 11.6 Å². The number of anilines is 1. The Morgan fingerprint density at radius 3 is 2.71 bits per heavy atom. The lowest BCUT2D eigenvalue weighted by Crippen LogP contribution is -2.49. The second-order valence-electron chi connectivity index (χ2n) is 8.19. The normalized spacial score (nSPS) is 22.8. The molecule has 2 atom stereocenters. The maximum Gasteiger partial charge on any atom is 0.240 e. The highest BCUT2D eigenvalue weighted by atomic mass is 79.9. The number of benzene rings is 2. The number of halogens is 2. The van der Waals surface area contributed by atoms with Crippen molar-refractivity contribution in [3.63, 3.8) is 0 Å². The van der Waals surface area contributed by atoms with Crippen molar-refractivity contribution >= 4 is 43.2 Å². The minimum atomic E-state index is -3.61. The standard InChI is InChI=1S/C24H26BrClN2O2S/c1-3-15-28-22-12-7-18(25)16-21(22)24(17(2)5-4-6-23(24)28)13-14-27-31(29,30)20-10-8-19(26)9-11-20/h3,7-12,16,23,27H,1-2,4-6,13-15H2. The van der Waals surface area contributed by atoms with Crippen LogP contribution < -0.4 is 9.62 Å². The third-order valence-electron chi connectivity index (χ3n) is 6.54. The number of hydrogen-bond acceptors (Lipinski definition) is 3. The summed E-state index contributed by atoms with van der Waals surface area (Å²) < 4.78 is 29.4. The minimum Gasteiger partial charge on any atom is -0.363 e. The zero-order chi connectivity index (χ0) is 22.2. The van der Waals surface area contributed by atoms with Gasteiger partial charge in [0.15, 0.2) is 0 Å². The van der Waals surface area contributed by atoms with Gasteiger partial charge in [-0.05, 0) is 73.7 Å². The molecule has 0 bridgehead atoms. The highest BCUT2D eigenvalue weighted by Crippen LogP contribution is 2.56. The molecule has 2 aromatic rings. The van der Waals surface area contributed by atoms with Gasteiger partial charge in [-0.3, -0.25) is 0 Å². The van der Waals surface area contributed by atoms with Gasteiger partial charge >= 0.3 is 0 Å². The number of fused-ring (bicyclic) bond motifs is 3. The maximum absolute atomic E-state index is 12.8. The highest BCUT2D eigenvalue weighted by molar-refractivity contribution is 9.10. The van der Waals surface area contributed by atoms with E-state index in [2.05, 4.69) is 56.9 Å². The predicted molar refractivity (Wildman–Crippen MR) is 131 cm³/mol. The zero-order valence-corrected chi connectivity index (χ0v) is 20.4. The van der Waals surface area contributed by atoms with Crippen molar-refractivity contribution in [1.82, 2.24) is 4.72 Å². The van der Waals surface area contributed by atoms with E-state index in [1.807, 2.05) is 6.08 Å². The Hall–Kier alpha value is -1.60. The van der Waals surface area contributed by atoms with E-state index in [1.165, 1.54) is 29.0 Å². The summed E-state index contributed by atoms with van der Waals surface area (Å²) in [6, 6.07) is 12.9. The molecule has 2 unspecified atom stereocenters. The molecule has 0 saturated heterocycles. The quantitative estimate of drug-likeness (QED) is 0.467. The van der Waals surface area contributed by atoms with Gasteiger partial charge in [-0.25, -0.2) is 13.1 Å². The molecule has 4 rings (SSSR count). The molecule has 1 heterocycles. The fourth-order valence-electron chi connectivity index (χ4n) is 5.21. The molecule has 0 spiro atoms. The number of sulfonamides is 1. The summed E-state index contributed by atoms with van der Waals surface area (Å²) in [5, 5.41) is 0.509. The summed E-state index contributed by atoms with van der Waals surface area (Å²) in [5.74, 6) is 0. The fraction of sp³-hybridized carbons (Fsp3) is 0.333.